The van der Waals surface area contributed by atoms with Crippen molar-refractivity contribution in [2.45, 2.75) is 0 Å². The molecule has 1 rings (SSSR count). The Morgan fingerprint density at radius 1 is 1.80 bits per heavy atom. The number of hydrogen-bond acceptors (Lipinski definition) is 2. The van der Waals surface area contributed by atoms with E-state index in [2.05, 4.69) is 5.10 Å². The highest BCUT2D eigenvalue weighted by Crippen LogP contribution is 1.97. The topological polar surface area (TPSA) is 43.8 Å². The summed E-state index contributed by atoms with van der Waals surface area (Å²) in [4.78, 5) is 0. The molecule has 0 aliphatic rings. The minimum atomic E-state index is 0.578. The SMILES string of the molecule is Cn1cc(C=CCN)cn1. The van der Waals surface area contributed by atoms with Crippen molar-refractivity contribution in [3.63, 3.8) is 0 Å². The highest BCUT2D eigenvalue weighted by molar-refractivity contribution is 5.46. The number of aromatic nitrogens is 2. The molecule has 0 amide bonds. The molecular formula is C7H11N3. The number of aryl methyl sites for hydroxylation is 1. The van der Waals surface area contributed by atoms with E-state index in [9.17, 15) is 0 Å². The molecule has 0 aromatic carbocycles. The molecule has 0 spiro atoms. The summed E-state index contributed by atoms with van der Waals surface area (Å²) in [5.41, 5.74) is 6.36. The molecule has 0 unspecified atom stereocenters. The standard InChI is InChI=1S/C7H11N3/c1-10-6-7(5-9-10)3-2-4-8/h2-3,5-6H,4,8H2,1H3. The molecule has 10 heavy (non-hydrogen) atoms. The second-order valence-electron chi connectivity index (χ2n) is 2.09. The van der Waals surface area contributed by atoms with Gasteiger partial charge in [0.1, 0.15) is 0 Å². The highest BCUT2D eigenvalue weighted by atomic mass is 15.2. The summed E-state index contributed by atoms with van der Waals surface area (Å²) >= 11 is 0. The predicted molar refractivity (Wildman–Crippen MR) is 41.3 cm³/mol. The number of nitrogens with zero attached hydrogens (tertiary/aromatic N) is 2. The van der Waals surface area contributed by atoms with Crippen LogP contribution in [-0.4, -0.2) is 16.3 Å². The average molecular weight is 137 g/mol. The molecule has 0 radical (unpaired) electrons. The van der Waals surface area contributed by atoms with E-state index < -0.39 is 0 Å². The number of rotatable bonds is 2. The van der Waals surface area contributed by atoms with Gasteiger partial charge in [0.2, 0.25) is 0 Å². The van der Waals surface area contributed by atoms with Crippen molar-refractivity contribution in [3.05, 3.63) is 24.0 Å². The van der Waals surface area contributed by atoms with Crippen LogP contribution in [0, 0.1) is 0 Å². The Morgan fingerprint density at radius 3 is 3.10 bits per heavy atom. The second kappa shape index (κ2) is 3.17. The van der Waals surface area contributed by atoms with E-state index in [0.29, 0.717) is 6.54 Å². The number of nitrogens with two attached hydrogens (primary N) is 1. The van der Waals surface area contributed by atoms with Gasteiger partial charge >= 0.3 is 0 Å². The van der Waals surface area contributed by atoms with Crippen LogP contribution in [0.25, 0.3) is 6.08 Å². The summed E-state index contributed by atoms with van der Waals surface area (Å²) in [6.07, 6.45) is 7.59. The van der Waals surface area contributed by atoms with Crippen molar-refractivity contribution in [2.24, 2.45) is 12.8 Å². The van der Waals surface area contributed by atoms with E-state index in [-0.39, 0.29) is 0 Å². The zero-order valence-electron chi connectivity index (χ0n) is 5.99. The summed E-state index contributed by atoms with van der Waals surface area (Å²) in [5.74, 6) is 0. The summed E-state index contributed by atoms with van der Waals surface area (Å²) in [6.45, 7) is 0.578. The molecule has 54 valence electrons. The molecule has 3 nitrogen and oxygen atoms in total. The van der Waals surface area contributed by atoms with Crippen LogP contribution in [0.2, 0.25) is 0 Å². The Kier molecular flexibility index (Phi) is 2.23. The molecule has 0 bridgehead atoms. The molecule has 0 fully saturated rings. The van der Waals surface area contributed by atoms with E-state index >= 15 is 0 Å². The minimum absolute atomic E-state index is 0.578. The maximum atomic E-state index is 5.27. The Bertz CT molecular complexity index is 225. The Hall–Kier alpha value is -1.09. The van der Waals surface area contributed by atoms with Crippen LogP contribution in [-0.2, 0) is 7.05 Å². The molecule has 0 atom stereocenters. The van der Waals surface area contributed by atoms with Gasteiger partial charge in [0, 0.05) is 25.4 Å². The van der Waals surface area contributed by atoms with Crippen molar-refractivity contribution in [1.29, 1.82) is 0 Å². The molecule has 3 heteroatoms. The van der Waals surface area contributed by atoms with Crippen LogP contribution < -0.4 is 5.73 Å². The van der Waals surface area contributed by atoms with Gasteiger partial charge < -0.3 is 5.73 Å². The zero-order chi connectivity index (χ0) is 7.40. The zero-order valence-corrected chi connectivity index (χ0v) is 5.99. The van der Waals surface area contributed by atoms with Gasteiger partial charge in [-0.2, -0.15) is 5.10 Å². The summed E-state index contributed by atoms with van der Waals surface area (Å²) in [5, 5.41) is 3.99. The van der Waals surface area contributed by atoms with Gasteiger partial charge in [0.25, 0.3) is 0 Å². The lowest BCUT2D eigenvalue weighted by Gasteiger charge is -1.81. The van der Waals surface area contributed by atoms with Gasteiger partial charge in [-0.05, 0) is 0 Å². The maximum absolute atomic E-state index is 5.27. The van der Waals surface area contributed by atoms with E-state index in [0.717, 1.165) is 5.56 Å². The predicted octanol–water partition coefficient (Wildman–Crippen LogP) is 0.392. The lowest BCUT2D eigenvalue weighted by atomic mass is 10.3. The Balaban J connectivity index is 2.67. The monoisotopic (exact) mass is 137 g/mol. The van der Waals surface area contributed by atoms with E-state index in [4.69, 9.17) is 5.73 Å². The highest BCUT2D eigenvalue weighted by Gasteiger charge is 1.86. The van der Waals surface area contributed by atoms with Crippen molar-refractivity contribution in [3.8, 4) is 0 Å². The fraction of sp³-hybridized carbons (Fsp3) is 0.286. The van der Waals surface area contributed by atoms with Gasteiger partial charge in [-0.1, -0.05) is 12.2 Å². The van der Waals surface area contributed by atoms with Crippen molar-refractivity contribution in [1.82, 2.24) is 9.78 Å². The van der Waals surface area contributed by atoms with Crippen LogP contribution in [0.3, 0.4) is 0 Å². The average Bonchev–Trinajstić information content (AvgIpc) is 2.31. The van der Waals surface area contributed by atoms with Crippen molar-refractivity contribution in [2.75, 3.05) is 6.54 Å². The van der Waals surface area contributed by atoms with Gasteiger partial charge in [-0.25, -0.2) is 0 Å². The fourth-order valence-corrected chi connectivity index (χ4v) is 0.730. The smallest absolute Gasteiger partial charge is 0.0562 e. The lowest BCUT2D eigenvalue weighted by Crippen LogP contribution is -1.91. The Morgan fingerprint density at radius 2 is 2.60 bits per heavy atom. The first-order valence-corrected chi connectivity index (χ1v) is 3.18. The quantitative estimate of drug-likeness (QED) is 0.641. The second-order valence-corrected chi connectivity index (χ2v) is 2.09. The Labute approximate surface area is 60.1 Å². The van der Waals surface area contributed by atoms with Crippen LogP contribution in [0.15, 0.2) is 18.5 Å². The maximum Gasteiger partial charge on any atom is 0.0562 e. The largest absolute Gasteiger partial charge is 0.327 e. The van der Waals surface area contributed by atoms with Crippen molar-refractivity contribution >= 4 is 6.08 Å². The van der Waals surface area contributed by atoms with Crippen LogP contribution in [0.4, 0.5) is 0 Å². The molecule has 0 saturated carbocycles. The van der Waals surface area contributed by atoms with Crippen molar-refractivity contribution < 1.29 is 0 Å². The van der Waals surface area contributed by atoms with Crippen LogP contribution in [0.5, 0.6) is 0 Å². The lowest BCUT2D eigenvalue weighted by molar-refractivity contribution is 0.767. The molecule has 1 heterocycles. The van der Waals surface area contributed by atoms with E-state index in [1.165, 1.54) is 0 Å². The third kappa shape index (κ3) is 1.70. The van der Waals surface area contributed by atoms with Crippen LogP contribution >= 0.6 is 0 Å². The fourth-order valence-electron chi connectivity index (χ4n) is 0.730. The minimum Gasteiger partial charge on any atom is -0.327 e. The van der Waals surface area contributed by atoms with Gasteiger partial charge in [-0.3, -0.25) is 4.68 Å². The molecule has 0 aliphatic heterocycles. The van der Waals surface area contributed by atoms with Gasteiger partial charge in [-0.15, -0.1) is 0 Å². The molecular weight excluding hydrogens is 126 g/mol. The third-order valence-corrected chi connectivity index (χ3v) is 1.17. The first kappa shape index (κ1) is 7.02. The molecule has 1 aromatic rings. The van der Waals surface area contributed by atoms with E-state index in [1.54, 1.807) is 10.9 Å². The van der Waals surface area contributed by atoms with Crippen LogP contribution in [0.1, 0.15) is 5.56 Å². The molecule has 2 N–H and O–H groups in total. The van der Waals surface area contributed by atoms with E-state index in [1.807, 2.05) is 25.4 Å². The molecule has 0 saturated heterocycles. The first-order valence-electron chi connectivity index (χ1n) is 3.18. The first-order chi connectivity index (χ1) is 4.83. The van der Waals surface area contributed by atoms with Gasteiger partial charge in [0.15, 0.2) is 0 Å². The summed E-state index contributed by atoms with van der Waals surface area (Å²) in [6, 6.07) is 0. The van der Waals surface area contributed by atoms with Gasteiger partial charge in [0.05, 0.1) is 6.20 Å². The normalized spacial score (nSPS) is 11.0. The molecule has 1 aromatic heterocycles. The summed E-state index contributed by atoms with van der Waals surface area (Å²) < 4.78 is 1.76. The summed E-state index contributed by atoms with van der Waals surface area (Å²) in [7, 11) is 1.89. The number of hydrogen-bond donors (Lipinski definition) is 1. The molecule has 0 aliphatic carbocycles. The third-order valence-electron chi connectivity index (χ3n) is 1.17.